The highest BCUT2D eigenvalue weighted by atomic mass is 79.9. The Morgan fingerprint density at radius 2 is 1.70 bits per heavy atom. The number of rotatable bonds is 12. The minimum Gasteiger partial charge on any atom is -0.490 e. The van der Waals surface area contributed by atoms with Gasteiger partial charge in [-0.25, -0.2) is 5.43 Å². The first-order valence-corrected chi connectivity index (χ1v) is 13.0. The van der Waals surface area contributed by atoms with Gasteiger partial charge in [-0.2, -0.15) is 5.10 Å². The third kappa shape index (κ3) is 9.28. The first kappa shape index (κ1) is 29.9. The number of aryl methyl sites for hydroxylation is 1. The number of hydrazone groups is 1. The molecule has 10 nitrogen and oxygen atoms in total. The lowest BCUT2D eigenvalue weighted by Gasteiger charge is -2.13. The van der Waals surface area contributed by atoms with Gasteiger partial charge in [0.25, 0.3) is 5.91 Å². The maximum atomic E-state index is 12.4. The van der Waals surface area contributed by atoms with Crippen molar-refractivity contribution >= 4 is 51.2 Å². The SMILES string of the molecule is C=CCOc1ccc(NC(=O)C(=O)N/N=C\c2ccc(OCC(=O)Nc3ccc(Br)cc3C)c(OCC)c2)cc1. The van der Waals surface area contributed by atoms with Gasteiger partial charge in [0.05, 0.1) is 12.8 Å². The predicted molar refractivity (Wildman–Crippen MR) is 157 cm³/mol. The molecule has 3 amide bonds. The summed E-state index contributed by atoms with van der Waals surface area (Å²) in [5, 5.41) is 9.13. The molecule has 0 aromatic heterocycles. The fraction of sp³-hybridized carbons (Fsp3) is 0.172. The minimum absolute atomic E-state index is 0.223. The number of halogens is 1. The Labute approximate surface area is 240 Å². The first-order valence-electron chi connectivity index (χ1n) is 12.2. The third-order valence-electron chi connectivity index (χ3n) is 5.15. The molecule has 208 valence electrons. The van der Waals surface area contributed by atoms with Crippen LogP contribution in [0.15, 0.2) is 82.9 Å². The van der Waals surface area contributed by atoms with Crippen LogP contribution in [-0.2, 0) is 14.4 Å². The zero-order valence-corrected chi connectivity index (χ0v) is 23.6. The van der Waals surface area contributed by atoms with Gasteiger partial charge in [0.2, 0.25) is 0 Å². The summed E-state index contributed by atoms with van der Waals surface area (Å²) < 4.78 is 17.6. The van der Waals surface area contributed by atoms with Crippen molar-refractivity contribution in [2.24, 2.45) is 5.10 Å². The molecule has 0 fully saturated rings. The molecule has 0 saturated heterocycles. The van der Waals surface area contributed by atoms with Crippen LogP contribution in [0, 0.1) is 6.92 Å². The van der Waals surface area contributed by atoms with Gasteiger partial charge in [0, 0.05) is 15.8 Å². The Morgan fingerprint density at radius 1 is 0.925 bits per heavy atom. The van der Waals surface area contributed by atoms with E-state index in [1.807, 2.05) is 26.0 Å². The number of hydrogen-bond donors (Lipinski definition) is 3. The number of nitrogens with zero attached hydrogens (tertiary/aromatic N) is 1. The van der Waals surface area contributed by atoms with Gasteiger partial charge in [0.1, 0.15) is 12.4 Å². The topological polar surface area (TPSA) is 127 Å². The number of benzene rings is 3. The highest BCUT2D eigenvalue weighted by molar-refractivity contribution is 9.10. The molecule has 3 aromatic carbocycles. The third-order valence-corrected chi connectivity index (χ3v) is 5.65. The molecule has 3 aromatic rings. The average molecular weight is 609 g/mol. The van der Waals surface area contributed by atoms with Crippen LogP contribution in [0.2, 0.25) is 0 Å². The minimum atomic E-state index is -0.944. The molecule has 40 heavy (non-hydrogen) atoms. The lowest BCUT2D eigenvalue weighted by molar-refractivity contribution is -0.136. The molecule has 0 bridgehead atoms. The van der Waals surface area contributed by atoms with Crippen molar-refractivity contribution in [1.29, 1.82) is 0 Å². The van der Waals surface area contributed by atoms with E-state index in [0.29, 0.717) is 47.4 Å². The molecule has 0 heterocycles. The molecule has 0 radical (unpaired) electrons. The van der Waals surface area contributed by atoms with Crippen molar-refractivity contribution in [3.63, 3.8) is 0 Å². The number of carbonyl (C=O) groups is 3. The molecule has 0 aliphatic rings. The molecule has 0 aliphatic heterocycles. The smallest absolute Gasteiger partial charge is 0.329 e. The van der Waals surface area contributed by atoms with E-state index >= 15 is 0 Å². The summed E-state index contributed by atoms with van der Waals surface area (Å²) in [6.07, 6.45) is 2.97. The molecule has 0 unspecified atom stereocenters. The van der Waals surface area contributed by atoms with E-state index in [1.54, 1.807) is 54.6 Å². The van der Waals surface area contributed by atoms with Crippen LogP contribution in [0.4, 0.5) is 11.4 Å². The second kappa shape index (κ2) is 15.1. The Kier molecular flexibility index (Phi) is 11.3. The summed E-state index contributed by atoms with van der Waals surface area (Å²) in [5.74, 6) is -0.785. The normalized spacial score (nSPS) is 10.5. The summed E-state index contributed by atoms with van der Waals surface area (Å²) >= 11 is 3.40. The summed E-state index contributed by atoms with van der Waals surface area (Å²) in [4.78, 5) is 36.7. The molecular weight excluding hydrogens is 580 g/mol. The second-order valence-corrected chi connectivity index (χ2v) is 9.13. The van der Waals surface area contributed by atoms with E-state index in [4.69, 9.17) is 14.2 Å². The van der Waals surface area contributed by atoms with Crippen LogP contribution in [0.1, 0.15) is 18.1 Å². The van der Waals surface area contributed by atoms with Crippen LogP contribution in [0.3, 0.4) is 0 Å². The second-order valence-electron chi connectivity index (χ2n) is 8.21. The van der Waals surface area contributed by atoms with Crippen molar-refractivity contribution in [2.75, 3.05) is 30.5 Å². The Bertz CT molecular complexity index is 1390. The Hall–Kier alpha value is -4.64. The average Bonchev–Trinajstić information content (AvgIpc) is 2.94. The number of nitrogens with one attached hydrogen (secondary N) is 3. The van der Waals surface area contributed by atoms with Gasteiger partial charge >= 0.3 is 11.8 Å². The molecule has 3 rings (SSSR count). The van der Waals surface area contributed by atoms with Gasteiger partial charge in [0.15, 0.2) is 18.1 Å². The first-order chi connectivity index (χ1) is 19.3. The largest absolute Gasteiger partial charge is 0.490 e. The van der Waals surface area contributed by atoms with Gasteiger partial charge < -0.3 is 24.8 Å². The van der Waals surface area contributed by atoms with Crippen LogP contribution in [0.25, 0.3) is 0 Å². The van der Waals surface area contributed by atoms with Crippen LogP contribution in [-0.4, -0.2) is 43.8 Å². The monoisotopic (exact) mass is 608 g/mol. The molecule has 0 saturated carbocycles. The summed E-state index contributed by atoms with van der Waals surface area (Å²) in [6, 6.07) is 17.0. The van der Waals surface area contributed by atoms with Crippen molar-refractivity contribution in [3.05, 3.63) is 88.9 Å². The number of carbonyl (C=O) groups excluding carboxylic acids is 3. The van der Waals surface area contributed by atoms with Gasteiger partial charge in [-0.15, -0.1) is 0 Å². The Morgan fingerprint density at radius 3 is 2.40 bits per heavy atom. The van der Waals surface area contributed by atoms with Gasteiger partial charge in [-0.3, -0.25) is 14.4 Å². The lowest BCUT2D eigenvalue weighted by Crippen LogP contribution is -2.32. The van der Waals surface area contributed by atoms with Crippen molar-refractivity contribution in [3.8, 4) is 17.2 Å². The number of anilines is 2. The van der Waals surface area contributed by atoms with Crippen molar-refractivity contribution in [1.82, 2.24) is 5.43 Å². The van der Waals surface area contributed by atoms with E-state index in [-0.39, 0.29) is 12.5 Å². The molecule has 11 heteroatoms. The van der Waals surface area contributed by atoms with Crippen molar-refractivity contribution in [2.45, 2.75) is 13.8 Å². The van der Waals surface area contributed by atoms with Crippen LogP contribution < -0.4 is 30.3 Å². The number of amides is 3. The summed E-state index contributed by atoms with van der Waals surface area (Å²) in [7, 11) is 0. The summed E-state index contributed by atoms with van der Waals surface area (Å²) in [5.41, 5.74) is 4.78. The van der Waals surface area contributed by atoms with Crippen molar-refractivity contribution < 1.29 is 28.6 Å². The zero-order chi connectivity index (χ0) is 28.9. The highest BCUT2D eigenvalue weighted by Gasteiger charge is 2.14. The quantitative estimate of drug-likeness (QED) is 0.117. The van der Waals surface area contributed by atoms with E-state index < -0.39 is 11.8 Å². The van der Waals surface area contributed by atoms with E-state index in [0.717, 1.165) is 10.0 Å². The standard InChI is InChI=1S/C29H29BrN4O6/c1-4-14-39-23-10-8-22(9-11-23)32-28(36)29(37)34-31-17-20-6-13-25(26(16-20)38-5-2)40-18-27(35)33-24-12-7-21(30)15-19(24)3/h4,6-13,15-17H,1,5,14,18H2,2-3H3,(H,32,36)(H,33,35)(H,34,37)/b31-17-. The number of hydrogen-bond acceptors (Lipinski definition) is 7. The van der Waals surface area contributed by atoms with E-state index in [9.17, 15) is 14.4 Å². The zero-order valence-electron chi connectivity index (χ0n) is 22.0. The highest BCUT2D eigenvalue weighted by Crippen LogP contribution is 2.28. The Balaban J connectivity index is 1.53. The van der Waals surface area contributed by atoms with Gasteiger partial charge in [-0.1, -0.05) is 28.6 Å². The van der Waals surface area contributed by atoms with Crippen LogP contribution in [0.5, 0.6) is 17.2 Å². The predicted octanol–water partition coefficient (Wildman–Crippen LogP) is 4.83. The maximum Gasteiger partial charge on any atom is 0.329 e. The number of ether oxygens (including phenoxy) is 3. The fourth-order valence-corrected chi connectivity index (χ4v) is 3.76. The van der Waals surface area contributed by atoms with E-state index in [1.165, 1.54) is 6.21 Å². The molecule has 0 spiro atoms. The summed E-state index contributed by atoms with van der Waals surface area (Å²) in [6.45, 7) is 7.78. The molecular formula is C29H29BrN4O6. The molecule has 3 N–H and O–H groups in total. The maximum absolute atomic E-state index is 12.4. The van der Waals surface area contributed by atoms with Crippen LogP contribution >= 0.6 is 15.9 Å². The molecule has 0 atom stereocenters. The fourth-order valence-electron chi connectivity index (χ4n) is 3.28. The van der Waals surface area contributed by atoms with E-state index in [2.05, 4.69) is 43.7 Å². The lowest BCUT2D eigenvalue weighted by atomic mass is 10.2. The molecule has 0 aliphatic carbocycles. The van der Waals surface area contributed by atoms with Gasteiger partial charge in [-0.05, 0) is 85.6 Å².